The first-order chi connectivity index (χ1) is 10.0. The number of fused-ring (bicyclic) bond motifs is 5. The van der Waals surface area contributed by atoms with Gasteiger partial charge in [0.15, 0.2) is 0 Å². The molecule has 1 aliphatic heterocycles. The van der Waals surface area contributed by atoms with Gasteiger partial charge >= 0.3 is 0 Å². The average molecular weight is 414 g/mol. The van der Waals surface area contributed by atoms with E-state index in [1.807, 2.05) is 19.1 Å². The van der Waals surface area contributed by atoms with Crippen LogP contribution >= 0.6 is 31.9 Å². The number of carbonyl (C=O) groups is 2. The molecule has 2 bridgehead atoms. The SMILES string of the molecule is Cc1cccc(N2C(=O)[C@H]3[C@@H]4C[C@H]([C@@H](Br)[C@H]4Br)[C@@H]3C2=O)n1. The summed E-state index contributed by atoms with van der Waals surface area (Å²) in [5, 5.41) is 0. The molecule has 4 nitrogen and oxygen atoms in total. The van der Waals surface area contributed by atoms with Crippen LogP contribution in [0.3, 0.4) is 0 Å². The maximum Gasteiger partial charge on any atom is 0.239 e. The second-order valence-electron chi connectivity index (χ2n) is 6.15. The standard InChI is InChI=1S/C15H14Br2N2O2/c1-6-3-2-4-9(18-6)19-14(20)10-7-5-8(11(10)15(19)21)13(17)12(7)16/h2-4,7-8,10-13H,5H2,1H3/t7-,8-,10-,11-,12-,13+/m0/s1. The number of aryl methyl sites for hydroxylation is 1. The highest BCUT2D eigenvalue weighted by Crippen LogP contribution is 2.60. The molecule has 0 unspecified atom stereocenters. The highest BCUT2D eigenvalue weighted by Gasteiger charge is 2.66. The number of amides is 2. The first-order valence-electron chi connectivity index (χ1n) is 7.10. The van der Waals surface area contributed by atoms with Crippen molar-refractivity contribution in [1.82, 2.24) is 4.98 Å². The van der Waals surface area contributed by atoms with Crippen LogP contribution in [-0.2, 0) is 9.59 Å². The van der Waals surface area contributed by atoms with Crippen molar-refractivity contribution >= 4 is 49.5 Å². The van der Waals surface area contributed by atoms with E-state index < -0.39 is 0 Å². The predicted molar refractivity (Wildman–Crippen MR) is 85.5 cm³/mol. The highest BCUT2D eigenvalue weighted by molar-refractivity contribution is 9.12. The van der Waals surface area contributed by atoms with Crippen LogP contribution in [-0.4, -0.2) is 26.5 Å². The van der Waals surface area contributed by atoms with Crippen molar-refractivity contribution in [3.63, 3.8) is 0 Å². The first kappa shape index (κ1) is 13.9. The van der Waals surface area contributed by atoms with E-state index in [1.54, 1.807) is 6.07 Å². The van der Waals surface area contributed by atoms with Crippen molar-refractivity contribution in [2.24, 2.45) is 23.7 Å². The lowest BCUT2D eigenvalue weighted by molar-refractivity contribution is -0.123. The molecule has 21 heavy (non-hydrogen) atoms. The molecule has 6 atom stereocenters. The van der Waals surface area contributed by atoms with Crippen molar-refractivity contribution in [2.45, 2.75) is 23.0 Å². The van der Waals surface area contributed by atoms with Crippen molar-refractivity contribution in [2.75, 3.05) is 4.90 Å². The molecule has 1 saturated heterocycles. The first-order valence-corrected chi connectivity index (χ1v) is 8.93. The van der Waals surface area contributed by atoms with Crippen LogP contribution in [0.2, 0.25) is 0 Å². The molecular weight excluding hydrogens is 400 g/mol. The minimum absolute atomic E-state index is 0.0700. The number of hydrogen-bond acceptors (Lipinski definition) is 3. The topological polar surface area (TPSA) is 50.3 Å². The fourth-order valence-electron chi connectivity index (χ4n) is 4.23. The van der Waals surface area contributed by atoms with Crippen LogP contribution in [0, 0.1) is 30.6 Å². The van der Waals surface area contributed by atoms with Crippen molar-refractivity contribution in [1.29, 1.82) is 0 Å². The lowest BCUT2D eigenvalue weighted by atomic mass is 9.81. The van der Waals surface area contributed by atoms with Gasteiger partial charge in [-0.3, -0.25) is 9.59 Å². The Bertz CT molecular complexity index is 618. The summed E-state index contributed by atoms with van der Waals surface area (Å²) in [5.74, 6) is 0.465. The highest BCUT2D eigenvalue weighted by atomic mass is 79.9. The Morgan fingerprint density at radius 3 is 2.19 bits per heavy atom. The Morgan fingerprint density at radius 2 is 1.67 bits per heavy atom. The second-order valence-corrected chi connectivity index (χ2v) is 8.27. The lowest BCUT2D eigenvalue weighted by Gasteiger charge is -2.28. The van der Waals surface area contributed by atoms with Crippen LogP contribution < -0.4 is 4.90 Å². The van der Waals surface area contributed by atoms with E-state index in [1.165, 1.54) is 4.90 Å². The van der Waals surface area contributed by atoms with Gasteiger partial charge in [0.25, 0.3) is 0 Å². The molecule has 3 fully saturated rings. The molecule has 1 aromatic rings. The third kappa shape index (κ3) is 1.75. The van der Waals surface area contributed by atoms with Crippen LogP contribution in [0.4, 0.5) is 5.82 Å². The zero-order valence-electron chi connectivity index (χ0n) is 11.4. The van der Waals surface area contributed by atoms with Crippen LogP contribution in [0.15, 0.2) is 18.2 Å². The number of rotatable bonds is 1. The van der Waals surface area contributed by atoms with Gasteiger partial charge in [-0.1, -0.05) is 37.9 Å². The zero-order chi connectivity index (χ0) is 14.9. The molecule has 2 saturated carbocycles. The molecule has 4 rings (SSSR count). The molecule has 0 spiro atoms. The van der Waals surface area contributed by atoms with E-state index >= 15 is 0 Å². The Balaban J connectivity index is 1.75. The van der Waals surface area contributed by atoms with Gasteiger partial charge in [-0.2, -0.15) is 0 Å². The number of halogens is 2. The van der Waals surface area contributed by atoms with Gasteiger partial charge in [-0.05, 0) is 37.3 Å². The maximum absolute atomic E-state index is 12.8. The number of carbonyl (C=O) groups excluding carboxylic acids is 2. The third-order valence-electron chi connectivity index (χ3n) is 5.09. The minimum Gasteiger partial charge on any atom is -0.274 e. The second kappa shape index (κ2) is 4.62. The molecule has 2 heterocycles. The molecule has 6 heteroatoms. The smallest absolute Gasteiger partial charge is 0.239 e. The van der Waals surface area contributed by atoms with Gasteiger partial charge in [0.1, 0.15) is 5.82 Å². The number of nitrogens with zero attached hydrogens (tertiary/aromatic N) is 2. The van der Waals surface area contributed by atoms with E-state index in [0.717, 1.165) is 12.1 Å². The summed E-state index contributed by atoms with van der Waals surface area (Å²) < 4.78 is 0. The summed E-state index contributed by atoms with van der Waals surface area (Å²) in [6, 6.07) is 5.44. The number of anilines is 1. The molecule has 2 aliphatic carbocycles. The van der Waals surface area contributed by atoms with Gasteiger partial charge < -0.3 is 0 Å². The van der Waals surface area contributed by atoms with E-state index in [9.17, 15) is 9.59 Å². The Morgan fingerprint density at radius 1 is 1.10 bits per heavy atom. The number of alkyl halides is 2. The molecule has 0 radical (unpaired) electrons. The fraction of sp³-hybridized carbons (Fsp3) is 0.533. The van der Waals surface area contributed by atoms with E-state index in [2.05, 4.69) is 36.8 Å². The normalized spacial score (nSPS) is 41.0. The monoisotopic (exact) mass is 412 g/mol. The summed E-state index contributed by atoms with van der Waals surface area (Å²) in [4.78, 5) is 31.8. The van der Waals surface area contributed by atoms with Gasteiger partial charge in [-0.25, -0.2) is 9.88 Å². The average Bonchev–Trinajstić information content (AvgIpc) is 3.04. The van der Waals surface area contributed by atoms with E-state index in [-0.39, 0.29) is 45.1 Å². The Labute approximate surface area is 139 Å². The summed E-state index contributed by atoms with van der Waals surface area (Å²) in [6.45, 7) is 1.86. The van der Waals surface area contributed by atoms with Gasteiger partial charge in [-0.15, -0.1) is 0 Å². The van der Waals surface area contributed by atoms with Crippen molar-refractivity contribution < 1.29 is 9.59 Å². The number of pyridine rings is 1. The molecule has 110 valence electrons. The largest absolute Gasteiger partial charge is 0.274 e. The molecule has 1 aromatic heterocycles. The quantitative estimate of drug-likeness (QED) is 0.525. The minimum atomic E-state index is -0.178. The van der Waals surface area contributed by atoms with Gasteiger partial charge in [0, 0.05) is 15.3 Å². The predicted octanol–water partition coefficient (Wildman–Crippen LogP) is 2.67. The van der Waals surface area contributed by atoms with Gasteiger partial charge in [0.2, 0.25) is 11.8 Å². The Hall–Kier alpha value is -0.750. The van der Waals surface area contributed by atoms with Crippen molar-refractivity contribution in [3.8, 4) is 0 Å². The summed E-state index contributed by atoms with van der Waals surface area (Å²) in [6.07, 6.45) is 0.952. The van der Waals surface area contributed by atoms with E-state index in [4.69, 9.17) is 0 Å². The Kier molecular flexibility index (Phi) is 3.05. The number of imide groups is 1. The number of hydrogen-bond donors (Lipinski definition) is 0. The van der Waals surface area contributed by atoms with Gasteiger partial charge in [0.05, 0.1) is 11.8 Å². The molecule has 0 N–H and O–H groups in total. The summed E-state index contributed by atoms with van der Waals surface area (Å²) in [7, 11) is 0. The fourth-order valence-corrected chi connectivity index (χ4v) is 6.10. The van der Waals surface area contributed by atoms with E-state index in [0.29, 0.717) is 5.82 Å². The number of aromatic nitrogens is 1. The van der Waals surface area contributed by atoms with Crippen molar-refractivity contribution in [3.05, 3.63) is 23.9 Å². The summed E-state index contributed by atoms with van der Waals surface area (Å²) >= 11 is 7.38. The summed E-state index contributed by atoms with van der Waals surface area (Å²) in [5.41, 5.74) is 0.810. The molecule has 2 amide bonds. The molecule has 3 aliphatic rings. The maximum atomic E-state index is 12.8. The molecule has 0 aromatic carbocycles. The molecular formula is C15H14Br2N2O2. The van der Waals surface area contributed by atoms with Crippen LogP contribution in [0.5, 0.6) is 0 Å². The zero-order valence-corrected chi connectivity index (χ0v) is 14.5. The third-order valence-corrected chi connectivity index (χ3v) is 8.30. The van der Waals surface area contributed by atoms with Crippen LogP contribution in [0.25, 0.3) is 0 Å². The van der Waals surface area contributed by atoms with Crippen LogP contribution in [0.1, 0.15) is 12.1 Å². The lowest BCUT2D eigenvalue weighted by Crippen LogP contribution is -2.37.